The highest BCUT2D eigenvalue weighted by Gasteiger charge is 2.40. The van der Waals surface area contributed by atoms with Gasteiger partial charge in [-0.2, -0.15) is 0 Å². The summed E-state index contributed by atoms with van der Waals surface area (Å²) in [7, 11) is -3.23. The topological polar surface area (TPSA) is 116 Å². The van der Waals surface area contributed by atoms with Crippen molar-refractivity contribution in [2.75, 3.05) is 61.3 Å². The second-order valence-electron chi connectivity index (χ2n) is 12.1. The molecule has 0 aliphatic rings. The first-order valence-electron chi connectivity index (χ1n) is 17.3. The maximum Gasteiger partial charge on any atom is 0.528 e. The molecule has 0 aliphatic heterocycles. The first kappa shape index (κ1) is 47.4. The number of aliphatic hydroxyl groups excluding tert-OH is 3. The summed E-state index contributed by atoms with van der Waals surface area (Å²) in [6, 6.07) is 40.2. The molecular formula is C41H54O9Si5. The van der Waals surface area contributed by atoms with Crippen molar-refractivity contribution in [3.05, 3.63) is 144 Å². The number of benzene rings is 4. The molecule has 0 saturated heterocycles. The summed E-state index contributed by atoms with van der Waals surface area (Å²) in [4.78, 5) is 0. The van der Waals surface area contributed by atoms with Gasteiger partial charge in [0.05, 0.1) is 0 Å². The predicted octanol–water partition coefficient (Wildman–Crippen LogP) is 1.68. The molecule has 0 spiro atoms. The van der Waals surface area contributed by atoms with E-state index in [1.165, 1.54) is 0 Å². The summed E-state index contributed by atoms with van der Waals surface area (Å²) in [5.74, 6) is 0. The number of aliphatic hydroxyl groups is 3. The fourth-order valence-corrected chi connectivity index (χ4v) is 17.2. The lowest BCUT2D eigenvalue weighted by Crippen LogP contribution is -2.58. The maximum atomic E-state index is 9.92. The van der Waals surface area contributed by atoms with Gasteiger partial charge in [-0.3, -0.25) is 0 Å². The molecule has 0 fully saturated rings. The second-order valence-corrected chi connectivity index (χ2v) is 27.6. The first-order valence-corrected chi connectivity index (χ1v) is 27.4. The molecule has 55 heavy (non-hydrogen) atoms. The monoisotopic (exact) mass is 830 g/mol. The third-order valence-electron chi connectivity index (χ3n) is 8.98. The van der Waals surface area contributed by atoms with Gasteiger partial charge >= 0.3 is 18.3 Å². The van der Waals surface area contributed by atoms with Crippen LogP contribution in [-0.4, -0.2) is 119 Å². The van der Waals surface area contributed by atoms with E-state index in [0.29, 0.717) is 0 Å². The highest BCUT2D eigenvalue weighted by Crippen LogP contribution is 2.17. The van der Waals surface area contributed by atoms with Crippen LogP contribution in [0.5, 0.6) is 0 Å². The van der Waals surface area contributed by atoms with Crippen molar-refractivity contribution in [2.24, 2.45) is 0 Å². The van der Waals surface area contributed by atoms with Crippen LogP contribution >= 0.6 is 0 Å². The average molecular weight is 831 g/mol. The molecule has 0 amide bonds. The molecule has 0 aromatic heterocycles. The van der Waals surface area contributed by atoms with Crippen LogP contribution in [0.15, 0.2) is 144 Å². The zero-order valence-electron chi connectivity index (χ0n) is 32.5. The van der Waals surface area contributed by atoms with Crippen molar-refractivity contribution in [3.8, 4) is 23.9 Å². The summed E-state index contributed by atoms with van der Waals surface area (Å²) in [5, 5.41) is 34.2. The molecule has 0 aliphatic carbocycles. The van der Waals surface area contributed by atoms with Crippen LogP contribution < -0.4 is 20.7 Å². The van der Waals surface area contributed by atoms with Gasteiger partial charge in [0.2, 0.25) is 0 Å². The Bertz CT molecular complexity index is 1620. The standard InChI is InChI=1S/C22H32O6Si3.C16H12Si.C3H10O3Si/c1-26-31(27-2,28-3)17-16-30(21-10-6-4-7-11-21,22-12-8-5-9-13-22)15-14-29(18-23,19-24)20-25;1-3-17(4-2,15-11-7-5-8-12-15)16-13-9-6-10-14-16;1-4-7(5-2)6-3/h4-17,23-25H,18-20H2,1-3H3;1-2,5-14H;7H,1-3H3. The zero-order chi connectivity index (χ0) is 40.6. The Hall–Kier alpha value is -3.80. The van der Waals surface area contributed by atoms with Crippen LogP contribution in [0, 0.1) is 23.9 Å². The zero-order valence-corrected chi connectivity index (χ0v) is 37.7. The van der Waals surface area contributed by atoms with Gasteiger partial charge < -0.3 is 41.9 Å². The quantitative estimate of drug-likeness (QED) is 0.108. The Morgan fingerprint density at radius 1 is 0.491 bits per heavy atom. The Morgan fingerprint density at radius 2 is 0.800 bits per heavy atom. The maximum absolute atomic E-state index is 9.92. The molecular weight excluding hydrogens is 777 g/mol. The van der Waals surface area contributed by atoms with E-state index < -0.39 is 42.6 Å². The lowest BCUT2D eigenvalue weighted by atomic mass is 10.4. The van der Waals surface area contributed by atoms with E-state index in [9.17, 15) is 15.3 Å². The molecule has 4 rings (SSSR count). The van der Waals surface area contributed by atoms with Crippen molar-refractivity contribution in [2.45, 2.75) is 0 Å². The Kier molecular flexibility index (Phi) is 21.2. The van der Waals surface area contributed by atoms with Gasteiger partial charge in [-0.1, -0.05) is 138 Å². The summed E-state index contributed by atoms with van der Waals surface area (Å²) in [6.45, 7) is 0. The first-order chi connectivity index (χ1) is 26.7. The van der Waals surface area contributed by atoms with Crippen LogP contribution in [0.2, 0.25) is 0 Å². The van der Waals surface area contributed by atoms with E-state index in [0.717, 1.165) is 20.7 Å². The van der Waals surface area contributed by atoms with Gasteiger partial charge in [0, 0.05) is 61.3 Å². The van der Waals surface area contributed by atoms with Gasteiger partial charge in [0.25, 0.3) is 8.07 Å². The molecule has 0 unspecified atom stereocenters. The SMILES string of the molecule is C#C[Si](C#C)(c1ccccc1)c1ccccc1.CO[SiH](OC)OC.CO[Si](C=C[Si](C=C[Si](CO)(CO)CO)(c1ccccc1)c1ccccc1)(OC)OC. The third kappa shape index (κ3) is 12.6. The lowest BCUT2D eigenvalue weighted by molar-refractivity contribution is 0.138. The summed E-state index contributed by atoms with van der Waals surface area (Å²) in [6.07, 6.45) is 10.8. The molecule has 0 bridgehead atoms. The number of terminal acetylenes is 2. The van der Waals surface area contributed by atoms with Gasteiger partial charge in [0.15, 0.2) is 16.1 Å². The minimum atomic E-state index is -3.01. The van der Waals surface area contributed by atoms with Crippen LogP contribution in [0.25, 0.3) is 0 Å². The highest BCUT2D eigenvalue weighted by molar-refractivity contribution is 7.13. The molecule has 0 radical (unpaired) electrons. The van der Waals surface area contributed by atoms with E-state index >= 15 is 0 Å². The molecule has 0 saturated carbocycles. The normalized spacial score (nSPS) is 12.0. The van der Waals surface area contributed by atoms with Crippen LogP contribution in [0.3, 0.4) is 0 Å². The fraction of sp³-hybridized carbons (Fsp3) is 0.220. The van der Waals surface area contributed by atoms with Gasteiger partial charge in [-0.05, 0) is 26.4 Å². The second kappa shape index (κ2) is 24.7. The molecule has 0 heterocycles. The number of hydrogen-bond acceptors (Lipinski definition) is 9. The number of rotatable bonds is 17. The predicted molar refractivity (Wildman–Crippen MR) is 234 cm³/mol. The van der Waals surface area contributed by atoms with E-state index in [1.54, 1.807) is 42.7 Å². The lowest BCUT2D eigenvalue weighted by Gasteiger charge is -2.30. The van der Waals surface area contributed by atoms with Crippen molar-refractivity contribution in [1.82, 2.24) is 0 Å². The van der Waals surface area contributed by atoms with Crippen molar-refractivity contribution in [3.63, 3.8) is 0 Å². The van der Waals surface area contributed by atoms with E-state index in [1.807, 2.05) is 108 Å². The van der Waals surface area contributed by atoms with Gasteiger partial charge in [-0.15, -0.1) is 23.9 Å². The van der Waals surface area contributed by atoms with E-state index in [2.05, 4.69) is 46.8 Å². The molecule has 292 valence electrons. The van der Waals surface area contributed by atoms with Crippen LogP contribution in [0.4, 0.5) is 0 Å². The van der Waals surface area contributed by atoms with E-state index in [-0.39, 0.29) is 18.7 Å². The minimum Gasteiger partial charge on any atom is -0.399 e. The average Bonchev–Trinajstić information content (AvgIpc) is 3.27. The van der Waals surface area contributed by atoms with Gasteiger partial charge in [-0.25, -0.2) is 0 Å². The summed E-state index contributed by atoms with van der Waals surface area (Å²) >= 11 is 0. The molecule has 9 nitrogen and oxygen atoms in total. The van der Waals surface area contributed by atoms with E-state index in [4.69, 9.17) is 39.4 Å². The largest absolute Gasteiger partial charge is 0.528 e. The molecule has 0 atom stereocenters. The Labute approximate surface area is 333 Å². The highest BCUT2D eigenvalue weighted by atomic mass is 28.4. The third-order valence-corrected chi connectivity index (χ3v) is 23.1. The van der Waals surface area contributed by atoms with Crippen molar-refractivity contribution < 1.29 is 41.9 Å². The van der Waals surface area contributed by atoms with Crippen molar-refractivity contribution >= 4 is 63.3 Å². The molecule has 3 N–H and O–H groups in total. The molecule has 14 heteroatoms. The van der Waals surface area contributed by atoms with Crippen molar-refractivity contribution in [1.29, 1.82) is 0 Å². The minimum absolute atomic E-state index is 0.235. The summed E-state index contributed by atoms with van der Waals surface area (Å²) < 4.78 is 31.0. The van der Waals surface area contributed by atoms with Gasteiger partial charge in [0.1, 0.15) is 0 Å². The number of hydrogen-bond donors (Lipinski definition) is 3. The fourth-order valence-electron chi connectivity index (χ4n) is 5.55. The summed E-state index contributed by atoms with van der Waals surface area (Å²) in [5.41, 5.74) is 13.8. The molecule has 4 aromatic rings. The van der Waals surface area contributed by atoms with Crippen LogP contribution in [0.1, 0.15) is 0 Å². The smallest absolute Gasteiger partial charge is 0.399 e. The Balaban J connectivity index is 0.000000361. The Morgan fingerprint density at radius 3 is 1.05 bits per heavy atom. The van der Waals surface area contributed by atoms with Crippen LogP contribution in [-0.2, 0) is 26.6 Å². The molecule has 4 aromatic carbocycles.